The van der Waals surface area contributed by atoms with Crippen LogP contribution in [-0.2, 0) is 0 Å². The number of nitrogens with zero attached hydrogens (tertiary/aromatic N) is 1. The quantitative estimate of drug-likeness (QED) is 0.902. The van der Waals surface area contributed by atoms with Crippen LogP contribution in [0.2, 0.25) is 0 Å². The molecule has 2 rings (SSSR count). The highest BCUT2D eigenvalue weighted by atomic mass is 16.5. The van der Waals surface area contributed by atoms with Crippen molar-refractivity contribution < 1.29 is 4.74 Å². The van der Waals surface area contributed by atoms with Gasteiger partial charge >= 0.3 is 0 Å². The third-order valence-corrected chi connectivity index (χ3v) is 2.97. The molecule has 0 saturated carbocycles. The van der Waals surface area contributed by atoms with E-state index >= 15 is 0 Å². The first-order valence-corrected chi connectivity index (χ1v) is 6.10. The molecular formula is C16H16N2O. The van der Waals surface area contributed by atoms with Crippen molar-refractivity contribution in [3.8, 4) is 11.8 Å². The van der Waals surface area contributed by atoms with E-state index in [0.29, 0.717) is 0 Å². The summed E-state index contributed by atoms with van der Waals surface area (Å²) in [6.45, 7) is 1.97. The van der Waals surface area contributed by atoms with Gasteiger partial charge in [-0.25, -0.2) is 0 Å². The SMILES string of the molecule is COc1ccc(C(C#N)Nc2ccccc2)cc1C. The van der Waals surface area contributed by atoms with E-state index in [2.05, 4.69) is 11.4 Å². The molecule has 3 nitrogen and oxygen atoms in total. The number of rotatable bonds is 4. The van der Waals surface area contributed by atoms with Crippen LogP contribution in [-0.4, -0.2) is 7.11 Å². The van der Waals surface area contributed by atoms with Gasteiger partial charge in [0.1, 0.15) is 11.8 Å². The molecule has 96 valence electrons. The number of nitrogens with one attached hydrogen (secondary N) is 1. The van der Waals surface area contributed by atoms with Gasteiger partial charge < -0.3 is 10.1 Å². The van der Waals surface area contributed by atoms with E-state index < -0.39 is 0 Å². The Hall–Kier alpha value is -2.47. The predicted octanol–water partition coefficient (Wildman–Crippen LogP) is 3.68. The Morgan fingerprint density at radius 3 is 2.47 bits per heavy atom. The van der Waals surface area contributed by atoms with Crippen molar-refractivity contribution in [1.29, 1.82) is 5.26 Å². The molecule has 0 aromatic heterocycles. The molecular weight excluding hydrogens is 236 g/mol. The van der Waals surface area contributed by atoms with E-state index in [1.165, 1.54) is 0 Å². The summed E-state index contributed by atoms with van der Waals surface area (Å²) >= 11 is 0. The fourth-order valence-corrected chi connectivity index (χ4v) is 1.97. The standard InChI is InChI=1S/C16H16N2O/c1-12-10-13(8-9-16(12)19-2)15(11-17)18-14-6-4-3-5-7-14/h3-10,15,18H,1-2H3. The van der Waals surface area contributed by atoms with Crippen LogP contribution in [0.25, 0.3) is 0 Å². The molecule has 0 radical (unpaired) electrons. The van der Waals surface area contributed by atoms with Crippen LogP contribution in [0.1, 0.15) is 17.2 Å². The number of ether oxygens (including phenoxy) is 1. The Balaban J connectivity index is 2.23. The second-order valence-electron chi connectivity index (χ2n) is 4.30. The molecule has 1 atom stereocenters. The number of hydrogen-bond donors (Lipinski definition) is 1. The van der Waals surface area contributed by atoms with Gasteiger partial charge in [-0.3, -0.25) is 0 Å². The molecule has 0 aliphatic heterocycles. The highest BCUT2D eigenvalue weighted by Gasteiger charge is 2.11. The fraction of sp³-hybridized carbons (Fsp3) is 0.188. The lowest BCUT2D eigenvalue weighted by molar-refractivity contribution is 0.411. The van der Waals surface area contributed by atoms with Gasteiger partial charge in [-0.1, -0.05) is 24.3 Å². The zero-order valence-electron chi connectivity index (χ0n) is 11.1. The fourth-order valence-electron chi connectivity index (χ4n) is 1.97. The lowest BCUT2D eigenvalue weighted by atomic mass is 10.0. The molecule has 0 saturated heterocycles. The Labute approximate surface area is 113 Å². The summed E-state index contributed by atoms with van der Waals surface area (Å²) in [5.74, 6) is 0.833. The first-order valence-electron chi connectivity index (χ1n) is 6.10. The second-order valence-corrected chi connectivity index (χ2v) is 4.30. The topological polar surface area (TPSA) is 45.0 Å². The van der Waals surface area contributed by atoms with E-state index in [1.807, 2.05) is 55.5 Å². The van der Waals surface area contributed by atoms with Crippen LogP contribution in [0, 0.1) is 18.3 Å². The molecule has 0 fully saturated rings. The van der Waals surface area contributed by atoms with Crippen molar-refractivity contribution in [2.45, 2.75) is 13.0 Å². The Morgan fingerprint density at radius 2 is 1.89 bits per heavy atom. The molecule has 1 unspecified atom stereocenters. The van der Waals surface area contributed by atoms with Gasteiger partial charge in [0.2, 0.25) is 0 Å². The lowest BCUT2D eigenvalue weighted by Gasteiger charge is -2.15. The van der Waals surface area contributed by atoms with Gasteiger partial charge in [0, 0.05) is 5.69 Å². The molecule has 2 aromatic carbocycles. The summed E-state index contributed by atoms with van der Waals surface area (Å²) < 4.78 is 5.23. The van der Waals surface area contributed by atoms with Crippen molar-refractivity contribution in [2.24, 2.45) is 0 Å². The van der Waals surface area contributed by atoms with Crippen molar-refractivity contribution in [1.82, 2.24) is 0 Å². The first kappa shape index (κ1) is 13.0. The third kappa shape index (κ3) is 3.05. The summed E-state index contributed by atoms with van der Waals surface area (Å²) in [5, 5.41) is 12.5. The van der Waals surface area contributed by atoms with Gasteiger partial charge in [-0.05, 0) is 42.3 Å². The number of benzene rings is 2. The van der Waals surface area contributed by atoms with Crippen molar-refractivity contribution >= 4 is 5.69 Å². The maximum Gasteiger partial charge on any atom is 0.140 e. The summed E-state index contributed by atoms with van der Waals surface area (Å²) in [4.78, 5) is 0. The largest absolute Gasteiger partial charge is 0.496 e. The first-order chi connectivity index (χ1) is 9.24. The monoisotopic (exact) mass is 252 g/mol. The van der Waals surface area contributed by atoms with Gasteiger partial charge in [0.15, 0.2) is 0 Å². The zero-order chi connectivity index (χ0) is 13.7. The van der Waals surface area contributed by atoms with Crippen LogP contribution in [0.4, 0.5) is 5.69 Å². The van der Waals surface area contributed by atoms with Crippen LogP contribution < -0.4 is 10.1 Å². The lowest BCUT2D eigenvalue weighted by Crippen LogP contribution is -2.08. The van der Waals surface area contributed by atoms with Gasteiger partial charge in [0.25, 0.3) is 0 Å². The predicted molar refractivity (Wildman–Crippen MR) is 76.1 cm³/mol. The van der Waals surface area contributed by atoms with E-state index in [-0.39, 0.29) is 6.04 Å². The summed E-state index contributed by atoms with van der Waals surface area (Å²) in [5.41, 5.74) is 2.89. The second kappa shape index (κ2) is 5.92. The molecule has 3 heteroatoms. The number of anilines is 1. The van der Waals surface area contributed by atoms with Crippen molar-refractivity contribution in [3.63, 3.8) is 0 Å². The van der Waals surface area contributed by atoms with Gasteiger partial charge in [-0.2, -0.15) is 5.26 Å². The highest BCUT2D eigenvalue weighted by Crippen LogP contribution is 2.24. The smallest absolute Gasteiger partial charge is 0.140 e. The summed E-state index contributed by atoms with van der Waals surface area (Å²) in [6, 6.07) is 17.4. The van der Waals surface area contributed by atoms with Crippen LogP contribution in [0.3, 0.4) is 0 Å². The van der Waals surface area contributed by atoms with Crippen molar-refractivity contribution in [3.05, 3.63) is 59.7 Å². The molecule has 0 amide bonds. The molecule has 1 N–H and O–H groups in total. The average Bonchev–Trinajstić information content (AvgIpc) is 2.46. The minimum absolute atomic E-state index is 0.369. The maximum absolute atomic E-state index is 9.31. The molecule has 0 heterocycles. The van der Waals surface area contributed by atoms with E-state index in [0.717, 1.165) is 22.6 Å². The van der Waals surface area contributed by atoms with E-state index in [1.54, 1.807) is 7.11 Å². The number of para-hydroxylation sites is 1. The molecule has 19 heavy (non-hydrogen) atoms. The summed E-state index contributed by atoms with van der Waals surface area (Å²) in [6.07, 6.45) is 0. The molecule has 0 spiro atoms. The van der Waals surface area contributed by atoms with E-state index in [4.69, 9.17) is 4.74 Å². The van der Waals surface area contributed by atoms with Crippen LogP contribution in [0.5, 0.6) is 5.75 Å². The minimum Gasteiger partial charge on any atom is -0.496 e. The molecule has 0 aliphatic rings. The number of nitriles is 1. The summed E-state index contributed by atoms with van der Waals surface area (Å²) in [7, 11) is 1.64. The average molecular weight is 252 g/mol. The normalized spacial score (nSPS) is 11.4. The Morgan fingerprint density at radius 1 is 1.16 bits per heavy atom. The maximum atomic E-state index is 9.31. The number of hydrogen-bond acceptors (Lipinski definition) is 3. The van der Waals surface area contributed by atoms with Gasteiger partial charge in [-0.15, -0.1) is 0 Å². The van der Waals surface area contributed by atoms with E-state index in [9.17, 15) is 5.26 Å². The molecule has 0 aliphatic carbocycles. The number of methoxy groups -OCH3 is 1. The highest BCUT2D eigenvalue weighted by molar-refractivity contribution is 5.48. The number of aryl methyl sites for hydroxylation is 1. The zero-order valence-corrected chi connectivity index (χ0v) is 11.1. The minimum atomic E-state index is -0.369. The van der Waals surface area contributed by atoms with Gasteiger partial charge in [0.05, 0.1) is 13.2 Å². The Kier molecular flexibility index (Phi) is 4.04. The third-order valence-electron chi connectivity index (χ3n) is 2.97. The van der Waals surface area contributed by atoms with Crippen LogP contribution >= 0.6 is 0 Å². The van der Waals surface area contributed by atoms with Crippen LogP contribution in [0.15, 0.2) is 48.5 Å². The Bertz CT molecular complexity index is 587. The molecule has 2 aromatic rings. The van der Waals surface area contributed by atoms with Crippen molar-refractivity contribution in [2.75, 3.05) is 12.4 Å². The molecule has 0 bridgehead atoms.